The summed E-state index contributed by atoms with van der Waals surface area (Å²) in [5, 5.41) is 21.1. The molecule has 0 fully saturated rings. The number of aliphatic hydroxyl groups is 1. The summed E-state index contributed by atoms with van der Waals surface area (Å²) >= 11 is 0. The topological polar surface area (TPSA) is 95.3 Å². The molecule has 0 bridgehead atoms. The van der Waals surface area contributed by atoms with Crippen LogP contribution in [0.5, 0.6) is 0 Å². The Labute approximate surface area is 122 Å². The molecule has 2 atom stereocenters. The van der Waals surface area contributed by atoms with E-state index in [0.717, 1.165) is 11.1 Å². The molecule has 0 saturated heterocycles. The van der Waals surface area contributed by atoms with Gasteiger partial charge < -0.3 is 10.2 Å². The van der Waals surface area contributed by atoms with Crippen LogP contribution < -0.4 is 5.32 Å². The number of aromatic nitrogens is 2. The zero-order valence-corrected chi connectivity index (χ0v) is 11.6. The molecule has 3 N–H and O–H groups in total. The average molecular weight is 287 g/mol. The fourth-order valence-corrected chi connectivity index (χ4v) is 1.87. The first kappa shape index (κ1) is 15.1. The van der Waals surface area contributed by atoms with E-state index in [1.807, 2.05) is 30.3 Å². The van der Waals surface area contributed by atoms with E-state index in [1.165, 1.54) is 6.92 Å². The third-order valence-corrected chi connectivity index (χ3v) is 3.01. The van der Waals surface area contributed by atoms with Crippen LogP contribution >= 0.6 is 0 Å². The van der Waals surface area contributed by atoms with Crippen molar-refractivity contribution in [1.29, 1.82) is 0 Å². The van der Waals surface area contributed by atoms with Gasteiger partial charge in [0.05, 0.1) is 6.10 Å². The number of carbonyl (C=O) groups is 1. The lowest BCUT2D eigenvalue weighted by molar-refractivity contribution is -0.142. The number of nitrogens with one attached hydrogen (secondary N) is 1. The molecule has 0 spiro atoms. The molecule has 110 valence electrons. The summed E-state index contributed by atoms with van der Waals surface area (Å²) < 4.78 is 0. The number of aliphatic carboxylic acids is 1. The molecule has 6 heteroatoms. The van der Waals surface area contributed by atoms with Crippen molar-refractivity contribution in [3.05, 3.63) is 48.3 Å². The quantitative estimate of drug-likeness (QED) is 0.735. The second-order valence-electron chi connectivity index (χ2n) is 4.72. The van der Waals surface area contributed by atoms with Gasteiger partial charge in [-0.3, -0.25) is 10.1 Å². The van der Waals surface area contributed by atoms with E-state index < -0.39 is 18.1 Å². The third kappa shape index (κ3) is 4.08. The molecule has 0 amide bonds. The van der Waals surface area contributed by atoms with Gasteiger partial charge in [0, 0.05) is 30.1 Å². The summed E-state index contributed by atoms with van der Waals surface area (Å²) in [7, 11) is 0. The lowest BCUT2D eigenvalue weighted by Crippen LogP contribution is -2.44. The minimum atomic E-state index is -1.09. The number of aliphatic hydroxyl groups excluding tert-OH is 1. The van der Waals surface area contributed by atoms with Crippen molar-refractivity contribution in [2.45, 2.75) is 25.6 Å². The van der Waals surface area contributed by atoms with Crippen molar-refractivity contribution in [2.75, 3.05) is 0 Å². The molecule has 0 saturated carbocycles. The fraction of sp³-hybridized carbons (Fsp3) is 0.267. The fourth-order valence-electron chi connectivity index (χ4n) is 1.87. The van der Waals surface area contributed by atoms with Gasteiger partial charge in [-0.25, -0.2) is 9.97 Å². The molecule has 21 heavy (non-hydrogen) atoms. The van der Waals surface area contributed by atoms with Crippen LogP contribution in [0.1, 0.15) is 12.5 Å². The summed E-state index contributed by atoms with van der Waals surface area (Å²) in [6.45, 7) is 1.71. The molecular weight excluding hydrogens is 270 g/mol. The first-order valence-electron chi connectivity index (χ1n) is 6.58. The lowest BCUT2D eigenvalue weighted by Gasteiger charge is -2.16. The highest BCUT2D eigenvalue weighted by Crippen LogP contribution is 2.13. The van der Waals surface area contributed by atoms with Gasteiger partial charge in [0.25, 0.3) is 0 Å². The summed E-state index contributed by atoms with van der Waals surface area (Å²) in [6.07, 6.45) is 2.30. The zero-order chi connectivity index (χ0) is 15.2. The zero-order valence-electron chi connectivity index (χ0n) is 11.6. The van der Waals surface area contributed by atoms with E-state index in [4.69, 9.17) is 5.11 Å². The maximum absolute atomic E-state index is 10.9. The van der Waals surface area contributed by atoms with Gasteiger partial charge >= 0.3 is 5.97 Å². The van der Waals surface area contributed by atoms with Gasteiger partial charge in [0.2, 0.25) is 0 Å². The number of hydrogen-bond acceptors (Lipinski definition) is 5. The highest BCUT2D eigenvalue weighted by Gasteiger charge is 2.22. The average Bonchev–Trinajstić information content (AvgIpc) is 2.48. The Kier molecular flexibility index (Phi) is 4.97. The SMILES string of the molecule is C[C@H](O)[C@@H](NCc1cnc(-c2ccccc2)nc1)C(=O)O. The molecule has 1 aromatic carbocycles. The predicted molar refractivity (Wildman–Crippen MR) is 77.4 cm³/mol. The summed E-state index contributed by atoms with van der Waals surface area (Å²) in [5.41, 5.74) is 1.67. The molecule has 2 rings (SSSR count). The lowest BCUT2D eigenvalue weighted by atomic mass is 10.1. The largest absolute Gasteiger partial charge is 0.480 e. The van der Waals surface area contributed by atoms with Crippen molar-refractivity contribution in [3.63, 3.8) is 0 Å². The van der Waals surface area contributed by atoms with Gasteiger partial charge in [0.1, 0.15) is 6.04 Å². The van der Waals surface area contributed by atoms with Crippen molar-refractivity contribution in [2.24, 2.45) is 0 Å². The molecule has 2 aromatic rings. The molecule has 0 unspecified atom stereocenters. The summed E-state index contributed by atoms with van der Waals surface area (Å²) in [6, 6.07) is 8.56. The van der Waals surface area contributed by atoms with Crippen LogP contribution in [0.15, 0.2) is 42.7 Å². The van der Waals surface area contributed by atoms with Gasteiger partial charge in [-0.1, -0.05) is 30.3 Å². The molecule has 1 aromatic heterocycles. The summed E-state index contributed by atoms with van der Waals surface area (Å²) in [4.78, 5) is 19.5. The van der Waals surface area contributed by atoms with Crippen molar-refractivity contribution < 1.29 is 15.0 Å². The highest BCUT2D eigenvalue weighted by atomic mass is 16.4. The first-order chi connectivity index (χ1) is 10.1. The number of hydrogen-bond donors (Lipinski definition) is 3. The van der Waals surface area contributed by atoms with Crippen LogP contribution in [0.2, 0.25) is 0 Å². The predicted octanol–water partition coefficient (Wildman–Crippen LogP) is 1.07. The number of nitrogens with zero attached hydrogens (tertiary/aromatic N) is 2. The Morgan fingerprint density at radius 1 is 1.24 bits per heavy atom. The molecule has 1 heterocycles. The Morgan fingerprint density at radius 2 is 1.86 bits per heavy atom. The van der Waals surface area contributed by atoms with Crippen LogP contribution in [-0.4, -0.2) is 38.3 Å². The second-order valence-corrected chi connectivity index (χ2v) is 4.72. The Balaban J connectivity index is 2.01. The second kappa shape index (κ2) is 6.92. The molecule has 0 radical (unpaired) electrons. The van der Waals surface area contributed by atoms with E-state index in [1.54, 1.807) is 12.4 Å². The van der Waals surface area contributed by atoms with Gasteiger partial charge in [0.15, 0.2) is 5.82 Å². The van der Waals surface area contributed by atoms with Crippen LogP contribution in [0.4, 0.5) is 0 Å². The Bertz CT molecular complexity index is 585. The number of rotatable bonds is 6. The van der Waals surface area contributed by atoms with E-state index >= 15 is 0 Å². The van der Waals surface area contributed by atoms with Crippen molar-refractivity contribution >= 4 is 5.97 Å². The van der Waals surface area contributed by atoms with E-state index in [0.29, 0.717) is 5.82 Å². The Morgan fingerprint density at radius 3 is 2.38 bits per heavy atom. The highest BCUT2D eigenvalue weighted by molar-refractivity contribution is 5.74. The smallest absolute Gasteiger partial charge is 0.323 e. The van der Waals surface area contributed by atoms with Gasteiger partial charge in [-0.2, -0.15) is 0 Å². The molecular formula is C15H17N3O3. The Hall–Kier alpha value is -2.31. The van der Waals surface area contributed by atoms with Crippen LogP contribution in [0, 0.1) is 0 Å². The molecule has 0 aliphatic heterocycles. The maximum atomic E-state index is 10.9. The van der Waals surface area contributed by atoms with Crippen molar-refractivity contribution in [1.82, 2.24) is 15.3 Å². The summed E-state index contributed by atoms with van der Waals surface area (Å²) in [5.74, 6) is -0.475. The van der Waals surface area contributed by atoms with Crippen LogP contribution in [-0.2, 0) is 11.3 Å². The van der Waals surface area contributed by atoms with Gasteiger partial charge in [-0.05, 0) is 6.92 Å². The van der Waals surface area contributed by atoms with E-state index in [-0.39, 0.29) is 6.54 Å². The first-order valence-corrected chi connectivity index (χ1v) is 6.58. The molecule has 0 aliphatic rings. The van der Waals surface area contributed by atoms with Gasteiger partial charge in [-0.15, -0.1) is 0 Å². The number of benzene rings is 1. The molecule has 0 aliphatic carbocycles. The number of carboxylic acids is 1. The molecule has 6 nitrogen and oxygen atoms in total. The minimum absolute atomic E-state index is 0.275. The van der Waals surface area contributed by atoms with E-state index in [9.17, 15) is 9.90 Å². The van der Waals surface area contributed by atoms with Crippen LogP contribution in [0.3, 0.4) is 0 Å². The monoisotopic (exact) mass is 287 g/mol. The third-order valence-electron chi connectivity index (χ3n) is 3.01. The van der Waals surface area contributed by atoms with E-state index in [2.05, 4.69) is 15.3 Å². The van der Waals surface area contributed by atoms with Crippen molar-refractivity contribution in [3.8, 4) is 11.4 Å². The standard InChI is InChI=1S/C15H17N3O3/c1-10(19)13(15(20)21)16-7-11-8-17-14(18-9-11)12-5-3-2-4-6-12/h2-6,8-10,13,16,19H,7H2,1H3,(H,20,21)/t10-,13+/m0/s1. The normalized spacial score (nSPS) is 13.6. The van der Waals surface area contributed by atoms with Crippen LogP contribution in [0.25, 0.3) is 11.4 Å². The maximum Gasteiger partial charge on any atom is 0.323 e. The minimum Gasteiger partial charge on any atom is -0.480 e. The number of carboxylic acid groups (broad SMARTS) is 1.